The summed E-state index contributed by atoms with van der Waals surface area (Å²) in [5.74, 6) is 0.303. The fourth-order valence-corrected chi connectivity index (χ4v) is 1.56. The van der Waals surface area contributed by atoms with Crippen LogP contribution in [0.25, 0.3) is 0 Å². The molecule has 1 aromatic carbocycles. The highest BCUT2D eigenvalue weighted by Crippen LogP contribution is 2.31. The van der Waals surface area contributed by atoms with Crippen LogP contribution in [0.1, 0.15) is 13.8 Å². The first kappa shape index (κ1) is 9.19. The molecular formula is C11H16N2O. The van der Waals surface area contributed by atoms with Crippen LogP contribution in [-0.4, -0.2) is 18.2 Å². The van der Waals surface area contributed by atoms with Crippen LogP contribution in [0.3, 0.4) is 0 Å². The molecule has 0 saturated carbocycles. The zero-order valence-corrected chi connectivity index (χ0v) is 8.59. The van der Waals surface area contributed by atoms with Crippen LogP contribution in [0.15, 0.2) is 18.2 Å². The molecule has 0 fully saturated rings. The number of hydrogen-bond donors (Lipinski definition) is 3. The van der Waals surface area contributed by atoms with Gasteiger partial charge in [-0.05, 0) is 17.5 Å². The Hall–Kier alpha value is -1.38. The van der Waals surface area contributed by atoms with Gasteiger partial charge in [-0.3, -0.25) is 0 Å². The van der Waals surface area contributed by atoms with E-state index < -0.39 is 0 Å². The van der Waals surface area contributed by atoms with E-state index in [4.69, 9.17) is 0 Å². The van der Waals surface area contributed by atoms with E-state index >= 15 is 0 Å². The molecule has 0 radical (unpaired) electrons. The summed E-state index contributed by atoms with van der Waals surface area (Å²) in [5.41, 5.74) is 2.28. The molecule has 1 aliphatic heterocycles. The number of aromatic hydroxyl groups is 1. The Morgan fingerprint density at radius 1 is 1.14 bits per heavy atom. The van der Waals surface area contributed by atoms with E-state index in [9.17, 15) is 5.11 Å². The fraction of sp³-hybridized carbons (Fsp3) is 0.455. The normalized spacial score (nSPS) is 18.7. The first-order valence-electron chi connectivity index (χ1n) is 4.88. The van der Waals surface area contributed by atoms with Gasteiger partial charge in [-0.15, -0.1) is 0 Å². The number of phenolic OH excluding ortho intramolecular Hbond substituents is 1. The molecule has 3 heteroatoms. The zero-order chi connectivity index (χ0) is 10.2. The number of benzene rings is 1. The largest absolute Gasteiger partial charge is 0.508 e. The Balaban J connectivity index is 2.30. The quantitative estimate of drug-likeness (QED) is 0.552. The average Bonchev–Trinajstić information content (AvgIpc) is 2.26. The van der Waals surface area contributed by atoms with Crippen molar-refractivity contribution >= 4 is 11.4 Å². The van der Waals surface area contributed by atoms with Crippen molar-refractivity contribution in [2.75, 3.05) is 23.7 Å². The highest BCUT2D eigenvalue weighted by molar-refractivity contribution is 5.71. The van der Waals surface area contributed by atoms with E-state index in [1.54, 1.807) is 12.1 Å². The summed E-state index contributed by atoms with van der Waals surface area (Å²) in [7, 11) is 0. The molecule has 3 N–H and O–H groups in total. The summed E-state index contributed by atoms with van der Waals surface area (Å²) in [6, 6.07) is 5.36. The van der Waals surface area contributed by atoms with Gasteiger partial charge in [-0.1, -0.05) is 13.8 Å². The molecule has 0 aromatic heterocycles. The van der Waals surface area contributed by atoms with E-state index in [1.807, 2.05) is 6.07 Å². The van der Waals surface area contributed by atoms with Gasteiger partial charge in [0.2, 0.25) is 0 Å². The van der Waals surface area contributed by atoms with Gasteiger partial charge in [-0.2, -0.15) is 0 Å². The van der Waals surface area contributed by atoms with Crippen molar-refractivity contribution in [1.29, 1.82) is 0 Å². The number of nitrogens with one attached hydrogen (secondary N) is 2. The molecule has 1 heterocycles. The molecular weight excluding hydrogens is 176 g/mol. The van der Waals surface area contributed by atoms with Crippen molar-refractivity contribution in [3.63, 3.8) is 0 Å². The molecule has 2 rings (SSSR count). The smallest absolute Gasteiger partial charge is 0.117 e. The van der Waals surface area contributed by atoms with Crippen molar-refractivity contribution in [1.82, 2.24) is 0 Å². The van der Waals surface area contributed by atoms with Crippen LogP contribution in [0.2, 0.25) is 0 Å². The van der Waals surface area contributed by atoms with Gasteiger partial charge in [0.15, 0.2) is 0 Å². The summed E-state index contributed by atoms with van der Waals surface area (Å²) >= 11 is 0. The minimum Gasteiger partial charge on any atom is -0.508 e. The van der Waals surface area contributed by atoms with Crippen molar-refractivity contribution in [3.05, 3.63) is 18.2 Å². The number of rotatable bonds is 0. The Labute approximate surface area is 84.1 Å². The topological polar surface area (TPSA) is 44.3 Å². The summed E-state index contributed by atoms with van der Waals surface area (Å²) in [6.45, 7) is 6.27. The Kier molecular flexibility index (Phi) is 2.02. The van der Waals surface area contributed by atoms with Crippen molar-refractivity contribution in [2.45, 2.75) is 13.8 Å². The molecule has 0 atom stereocenters. The fourth-order valence-electron chi connectivity index (χ4n) is 1.56. The van der Waals surface area contributed by atoms with E-state index in [2.05, 4.69) is 24.5 Å². The molecule has 14 heavy (non-hydrogen) atoms. The van der Waals surface area contributed by atoms with Gasteiger partial charge in [-0.25, -0.2) is 0 Å². The standard InChI is InChI=1S/C11H16N2O/c1-11(2)6-12-9-4-3-8(14)5-10(9)13-7-11/h3-5,12-14H,6-7H2,1-2H3. The zero-order valence-electron chi connectivity index (χ0n) is 8.59. The third kappa shape index (κ3) is 1.76. The van der Waals surface area contributed by atoms with E-state index in [0.29, 0.717) is 5.75 Å². The molecule has 0 spiro atoms. The minimum atomic E-state index is 0.231. The SMILES string of the molecule is CC1(C)CNc2ccc(O)cc2NC1. The maximum Gasteiger partial charge on any atom is 0.117 e. The van der Waals surface area contributed by atoms with Crippen molar-refractivity contribution < 1.29 is 5.11 Å². The third-order valence-electron chi connectivity index (χ3n) is 2.52. The van der Waals surface area contributed by atoms with Gasteiger partial charge in [0.25, 0.3) is 0 Å². The summed E-state index contributed by atoms with van der Waals surface area (Å²) in [5, 5.41) is 16.0. The lowest BCUT2D eigenvalue weighted by molar-refractivity contribution is 0.423. The van der Waals surface area contributed by atoms with Crippen LogP contribution in [0, 0.1) is 5.41 Å². The highest BCUT2D eigenvalue weighted by Gasteiger charge is 2.21. The molecule has 0 aliphatic carbocycles. The van der Waals surface area contributed by atoms with Crippen LogP contribution in [0.5, 0.6) is 5.75 Å². The molecule has 0 bridgehead atoms. The van der Waals surface area contributed by atoms with E-state index in [0.717, 1.165) is 24.5 Å². The van der Waals surface area contributed by atoms with Crippen molar-refractivity contribution in [2.24, 2.45) is 5.41 Å². The second-order valence-corrected chi connectivity index (χ2v) is 4.60. The van der Waals surface area contributed by atoms with E-state index in [-0.39, 0.29) is 5.41 Å². The molecule has 0 saturated heterocycles. The summed E-state index contributed by atoms with van der Waals surface area (Å²) < 4.78 is 0. The molecule has 0 amide bonds. The van der Waals surface area contributed by atoms with Gasteiger partial charge in [0, 0.05) is 19.2 Å². The van der Waals surface area contributed by atoms with Gasteiger partial charge < -0.3 is 15.7 Å². The third-order valence-corrected chi connectivity index (χ3v) is 2.52. The van der Waals surface area contributed by atoms with E-state index in [1.165, 1.54) is 0 Å². The Morgan fingerprint density at radius 2 is 1.79 bits per heavy atom. The van der Waals surface area contributed by atoms with Crippen LogP contribution in [-0.2, 0) is 0 Å². The number of hydrogen-bond acceptors (Lipinski definition) is 3. The molecule has 1 aromatic rings. The monoisotopic (exact) mass is 192 g/mol. The van der Waals surface area contributed by atoms with Crippen molar-refractivity contribution in [3.8, 4) is 5.75 Å². The predicted molar refractivity (Wildman–Crippen MR) is 58.9 cm³/mol. The lowest BCUT2D eigenvalue weighted by Crippen LogP contribution is -2.27. The second kappa shape index (κ2) is 3.08. The predicted octanol–water partition coefficient (Wildman–Crippen LogP) is 2.26. The maximum absolute atomic E-state index is 9.34. The first-order valence-corrected chi connectivity index (χ1v) is 4.88. The first-order chi connectivity index (χ1) is 6.57. The Bertz CT molecular complexity index is 347. The van der Waals surface area contributed by atoms with Gasteiger partial charge in [0.1, 0.15) is 5.75 Å². The molecule has 76 valence electrons. The Morgan fingerprint density at radius 3 is 2.50 bits per heavy atom. The minimum absolute atomic E-state index is 0.231. The van der Waals surface area contributed by atoms with Crippen LogP contribution < -0.4 is 10.6 Å². The molecule has 3 nitrogen and oxygen atoms in total. The molecule has 0 unspecified atom stereocenters. The number of phenols is 1. The lowest BCUT2D eigenvalue weighted by Gasteiger charge is -2.21. The maximum atomic E-state index is 9.34. The van der Waals surface area contributed by atoms with Gasteiger partial charge >= 0.3 is 0 Å². The second-order valence-electron chi connectivity index (χ2n) is 4.60. The van der Waals surface area contributed by atoms with Crippen LogP contribution >= 0.6 is 0 Å². The summed E-state index contributed by atoms with van der Waals surface area (Å²) in [4.78, 5) is 0. The lowest BCUT2D eigenvalue weighted by atomic mass is 9.94. The molecule has 1 aliphatic rings. The highest BCUT2D eigenvalue weighted by atomic mass is 16.3. The average molecular weight is 192 g/mol. The summed E-state index contributed by atoms with van der Waals surface area (Å²) in [6.07, 6.45) is 0. The van der Waals surface area contributed by atoms with Gasteiger partial charge in [0.05, 0.1) is 11.4 Å². The number of fused-ring (bicyclic) bond motifs is 1. The number of anilines is 2. The van der Waals surface area contributed by atoms with Crippen LogP contribution in [0.4, 0.5) is 11.4 Å².